The molecule has 1 amide bonds. The fourth-order valence-electron chi connectivity index (χ4n) is 3.94. The van der Waals surface area contributed by atoms with Crippen LogP contribution in [-0.2, 0) is 23.6 Å². The van der Waals surface area contributed by atoms with Gasteiger partial charge in [-0.3, -0.25) is 9.78 Å². The van der Waals surface area contributed by atoms with Crippen molar-refractivity contribution < 1.29 is 17.6 Å². The number of nitrogens with zero attached hydrogens (tertiary/aromatic N) is 3. The van der Waals surface area contributed by atoms with E-state index in [0.717, 1.165) is 16.5 Å². The van der Waals surface area contributed by atoms with Gasteiger partial charge in [-0.1, -0.05) is 18.2 Å². The summed E-state index contributed by atoms with van der Waals surface area (Å²) < 4.78 is 42.5. The largest absolute Gasteiger partial charge is 0.347 e. The van der Waals surface area contributed by atoms with E-state index in [-0.39, 0.29) is 49.0 Å². The Morgan fingerprint density at radius 3 is 2.71 bits per heavy atom. The van der Waals surface area contributed by atoms with Crippen LogP contribution in [0.15, 0.2) is 47.5 Å². The zero-order chi connectivity index (χ0) is 22.2. The first-order valence-corrected chi connectivity index (χ1v) is 11.6. The number of hydrogen-bond donors (Lipinski definition) is 1. The number of fused-ring (bicyclic) bond motifs is 1. The summed E-state index contributed by atoms with van der Waals surface area (Å²) >= 11 is 0. The Balaban J connectivity index is 1.55. The molecule has 1 fully saturated rings. The van der Waals surface area contributed by atoms with Gasteiger partial charge in [0, 0.05) is 44.0 Å². The number of nitrogens with one attached hydrogen (secondary N) is 1. The van der Waals surface area contributed by atoms with Gasteiger partial charge >= 0.3 is 0 Å². The minimum Gasteiger partial charge on any atom is -0.347 e. The Hall–Kier alpha value is -2.78. The van der Waals surface area contributed by atoms with Crippen molar-refractivity contribution >= 4 is 26.8 Å². The lowest BCUT2D eigenvalue weighted by atomic mass is 10.1. The van der Waals surface area contributed by atoms with Gasteiger partial charge in [-0.25, -0.2) is 12.8 Å². The van der Waals surface area contributed by atoms with Crippen molar-refractivity contribution in [2.45, 2.75) is 37.4 Å². The van der Waals surface area contributed by atoms with Gasteiger partial charge in [0.05, 0.1) is 5.52 Å². The van der Waals surface area contributed by atoms with Crippen LogP contribution in [0.1, 0.15) is 34.6 Å². The first kappa shape index (κ1) is 21.5. The van der Waals surface area contributed by atoms with E-state index in [1.807, 2.05) is 30.3 Å². The van der Waals surface area contributed by atoms with Crippen LogP contribution < -0.4 is 5.32 Å². The third kappa shape index (κ3) is 4.07. The number of carbonyl (C=O) groups excluding carboxylic acids is 1. The van der Waals surface area contributed by atoms with Crippen LogP contribution in [0.5, 0.6) is 0 Å². The second kappa shape index (κ2) is 8.39. The van der Waals surface area contributed by atoms with Crippen molar-refractivity contribution in [3.63, 3.8) is 0 Å². The molecule has 1 aromatic carbocycles. The van der Waals surface area contributed by atoms with E-state index in [4.69, 9.17) is 0 Å². The first-order chi connectivity index (χ1) is 14.8. The van der Waals surface area contributed by atoms with Crippen LogP contribution in [0.25, 0.3) is 10.9 Å². The number of hydrogen-bond acceptors (Lipinski definition) is 4. The predicted octanol–water partition coefficient (Wildman–Crippen LogP) is 2.93. The minimum absolute atomic E-state index is 0.0896. The second-order valence-electron chi connectivity index (χ2n) is 7.79. The number of halogens is 1. The molecule has 3 heterocycles. The molecule has 4 rings (SSSR count). The summed E-state index contributed by atoms with van der Waals surface area (Å²) in [6, 6.07) is 10.9. The standard InChI is InChI=1S/C22H25FN4O3S/c1-15-21(31(29,30)27-11-8-17(23)9-12-27)13-20(26(15)2)22(28)25-14-16-5-3-7-19-18(16)6-4-10-24-19/h3-7,10,13,17H,8-9,11-12,14H2,1-2H3,(H,25,28). The Morgan fingerprint density at radius 1 is 1.23 bits per heavy atom. The fourth-order valence-corrected chi connectivity index (χ4v) is 5.68. The summed E-state index contributed by atoms with van der Waals surface area (Å²) in [5.74, 6) is -0.365. The molecule has 0 bridgehead atoms. The molecule has 0 radical (unpaired) electrons. The topological polar surface area (TPSA) is 84.3 Å². The van der Waals surface area contributed by atoms with Gasteiger partial charge in [0.25, 0.3) is 5.91 Å². The van der Waals surface area contributed by atoms with Crippen LogP contribution in [0.2, 0.25) is 0 Å². The molecule has 1 aliphatic rings. The van der Waals surface area contributed by atoms with E-state index in [9.17, 15) is 17.6 Å². The third-order valence-electron chi connectivity index (χ3n) is 5.90. The molecule has 1 aliphatic heterocycles. The molecular weight excluding hydrogens is 419 g/mol. The van der Waals surface area contributed by atoms with E-state index in [1.54, 1.807) is 24.7 Å². The molecule has 0 unspecified atom stereocenters. The molecule has 3 aromatic rings. The number of piperidine rings is 1. The third-order valence-corrected chi connectivity index (χ3v) is 7.91. The summed E-state index contributed by atoms with van der Waals surface area (Å²) in [4.78, 5) is 17.3. The number of carbonyl (C=O) groups is 1. The Morgan fingerprint density at radius 2 is 1.97 bits per heavy atom. The molecule has 9 heteroatoms. The van der Waals surface area contributed by atoms with Crippen LogP contribution >= 0.6 is 0 Å². The molecule has 2 aromatic heterocycles. The number of aromatic nitrogens is 2. The maximum absolute atomic E-state index is 13.4. The predicted molar refractivity (Wildman–Crippen MR) is 116 cm³/mol. The Labute approximate surface area is 180 Å². The quantitative estimate of drug-likeness (QED) is 0.656. The van der Waals surface area contributed by atoms with Crippen LogP contribution in [0.4, 0.5) is 4.39 Å². The van der Waals surface area contributed by atoms with Gasteiger partial charge in [-0.2, -0.15) is 4.31 Å². The van der Waals surface area contributed by atoms with E-state index in [1.165, 1.54) is 10.4 Å². The van der Waals surface area contributed by atoms with Crippen LogP contribution in [-0.4, -0.2) is 47.4 Å². The number of alkyl halides is 1. The fraction of sp³-hybridized carbons (Fsp3) is 0.364. The maximum Gasteiger partial charge on any atom is 0.268 e. The highest BCUT2D eigenvalue weighted by Gasteiger charge is 2.32. The van der Waals surface area contributed by atoms with Crippen LogP contribution in [0.3, 0.4) is 0 Å². The highest BCUT2D eigenvalue weighted by Crippen LogP contribution is 2.26. The smallest absolute Gasteiger partial charge is 0.268 e. The number of benzene rings is 1. The van der Waals surface area contributed by atoms with Crippen molar-refractivity contribution in [1.82, 2.24) is 19.2 Å². The summed E-state index contributed by atoms with van der Waals surface area (Å²) in [7, 11) is -2.12. The monoisotopic (exact) mass is 444 g/mol. The molecule has 0 aliphatic carbocycles. The van der Waals surface area contributed by atoms with Crippen molar-refractivity contribution in [2.24, 2.45) is 7.05 Å². The Kier molecular flexibility index (Phi) is 5.81. The number of rotatable bonds is 5. The van der Waals surface area contributed by atoms with Gasteiger partial charge in [0.2, 0.25) is 10.0 Å². The SMILES string of the molecule is Cc1c(S(=O)(=O)N2CCC(F)CC2)cc(C(=O)NCc2cccc3ncccc23)n1C. The normalized spacial score (nSPS) is 16.0. The van der Waals surface area contributed by atoms with Gasteiger partial charge in [0.15, 0.2) is 0 Å². The molecule has 7 nitrogen and oxygen atoms in total. The summed E-state index contributed by atoms with van der Waals surface area (Å²) in [6.45, 7) is 2.25. The molecule has 0 saturated carbocycles. The molecule has 164 valence electrons. The Bertz CT molecular complexity index is 1230. The lowest BCUT2D eigenvalue weighted by Crippen LogP contribution is -2.39. The van der Waals surface area contributed by atoms with Crippen LogP contribution in [0, 0.1) is 6.92 Å². The van der Waals surface area contributed by atoms with E-state index in [2.05, 4.69) is 10.3 Å². The summed E-state index contributed by atoms with van der Waals surface area (Å²) in [5.41, 5.74) is 2.50. The molecule has 0 atom stereocenters. The highest BCUT2D eigenvalue weighted by molar-refractivity contribution is 7.89. The summed E-state index contributed by atoms with van der Waals surface area (Å²) in [6.07, 6.45) is 1.14. The lowest BCUT2D eigenvalue weighted by molar-refractivity contribution is 0.0942. The second-order valence-corrected chi connectivity index (χ2v) is 9.69. The first-order valence-electron chi connectivity index (χ1n) is 10.2. The van der Waals surface area contributed by atoms with E-state index < -0.39 is 16.2 Å². The molecule has 0 spiro atoms. The van der Waals surface area contributed by atoms with E-state index in [0.29, 0.717) is 5.69 Å². The van der Waals surface area contributed by atoms with Crippen molar-refractivity contribution in [3.05, 3.63) is 59.5 Å². The van der Waals surface area contributed by atoms with Gasteiger partial charge in [0.1, 0.15) is 16.8 Å². The number of sulfonamides is 1. The van der Waals surface area contributed by atoms with Gasteiger partial charge in [-0.15, -0.1) is 0 Å². The zero-order valence-corrected chi connectivity index (χ0v) is 18.3. The molecule has 1 saturated heterocycles. The van der Waals surface area contributed by atoms with Gasteiger partial charge < -0.3 is 9.88 Å². The zero-order valence-electron chi connectivity index (χ0n) is 17.5. The van der Waals surface area contributed by atoms with Crippen molar-refractivity contribution in [3.8, 4) is 0 Å². The molecule has 31 heavy (non-hydrogen) atoms. The van der Waals surface area contributed by atoms with Crippen molar-refractivity contribution in [1.29, 1.82) is 0 Å². The van der Waals surface area contributed by atoms with E-state index >= 15 is 0 Å². The highest BCUT2D eigenvalue weighted by atomic mass is 32.2. The maximum atomic E-state index is 13.4. The lowest BCUT2D eigenvalue weighted by Gasteiger charge is -2.27. The molecule has 1 N–H and O–H groups in total. The summed E-state index contributed by atoms with van der Waals surface area (Å²) in [5, 5.41) is 3.83. The number of pyridine rings is 1. The average molecular weight is 445 g/mol. The minimum atomic E-state index is -3.79. The number of amides is 1. The average Bonchev–Trinajstić information content (AvgIpc) is 3.07. The van der Waals surface area contributed by atoms with Crippen molar-refractivity contribution in [2.75, 3.05) is 13.1 Å². The van der Waals surface area contributed by atoms with Gasteiger partial charge in [-0.05, 0) is 43.5 Å². The molecular formula is C22H25FN4O3S.